The Morgan fingerprint density at radius 1 is 1.33 bits per heavy atom. The Morgan fingerprint density at radius 2 is 2.04 bits per heavy atom. The lowest BCUT2D eigenvalue weighted by atomic mass is 10.1. The molecule has 0 aromatic carbocycles. The number of piperidine rings is 1. The lowest BCUT2D eigenvalue weighted by Crippen LogP contribution is -2.47. The summed E-state index contributed by atoms with van der Waals surface area (Å²) in [5.74, 6) is 1.26. The number of guanidine groups is 1. The number of likely N-dealkylation sites (tertiary alicyclic amines) is 2. The molecule has 0 aromatic heterocycles. The van der Waals surface area contributed by atoms with Crippen LogP contribution in [0.5, 0.6) is 0 Å². The van der Waals surface area contributed by atoms with Gasteiger partial charge in [0, 0.05) is 58.6 Å². The van der Waals surface area contributed by atoms with Crippen molar-refractivity contribution in [2.24, 2.45) is 10.9 Å². The van der Waals surface area contributed by atoms with Gasteiger partial charge in [0.05, 0.1) is 6.61 Å². The average Bonchev–Trinajstić information content (AvgIpc) is 3.00. The fourth-order valence-electron chi connectivity index (χ4n) is 3.11. The highest BCUT2D eigenvalue weighted by molar-refractivity contribution is 14.0. The summed E-state index contributed by atoms with van der Waals surface area (Å²) in [7, 11) is 1.76. The number of ether oxygens (including phenoxy) is 1. The second-order valence-electron chi connectivity index (χ2n) is 6.03. The first-order chi connectivity index (χ1) is 11.2. The quantitative estimate of drug-likeness (QED) is 0.283. The van der Waals surface area contributed by atoms with Gasteiger partial charge in [0.25, 0.3) is 0 Å². The first kappa shape index (κ1) is 21.1. The van der Waals surface area contributed by atoms with Crippen LogP contribution in [-0.2, 0) is 14.3 Å². The molecule has 2 amide bonds. The maximum Gasteiger partial charge on any atom is 0.229 e. The third-order valence-corrected chi connectivity index (χ3v) is 4.36. The summed E-state index contributed by atoms with van der Waals surface area (Å²) < 4.78 is 5.49. The van der Waals surface area contributed by atoms with E-state index in [2.05, 4.69) is 15.2 Å². The van der Waals surface area contributed by atoms with E-state index in [1.165, 1.54) is 4.90 Å². The molecule has 2 fully saturated rings. The van der Waals surface area contributed by atoms with Gasteiger partial charge in [-0.15, -0.1) is 24.0 Å². The summed E-state index contributed by atoms with van der Waals surface area (Å²) in [6.07, 6.45) is 2.74. The molecule has 24 heavy (non-hydrogen) atoms. The molecule has 1 N–H and O–H groups in total. The Kier molecular flexibility index (Phi) is 9.57. The number of imide groups is 1. The highest BCUT2D eigenvalue weighted by Crippen LogP contribution is 2.16. The van der Waals surface area contributed by atoms with E-state index in [0.29, 0.717) is 38.3 Å². The Labute approximate surface area is 161 Å². The summed E-state index contributed by atoms with van der Waals surface area (Å²) in [5.41, 5.74) is 0. The van der Waals surface area contributed by atoms with Crippen molar-refractivity contribution in [1.82, 2.24) is 15.1 Å². The van der Waals surface area contributed by atoms with Crippen molar-refractivity contribution in [2.75, 3.05) is 46.4 Å². The molecule has 0 radical (unpaired) electrons. The first-order valence-electron chi connectivity index (χ1n) is 8.52. The highest BCUT2D eigenvalue weighted by atomic mass is 127. The highest BCUT2D eigenvalue weighted by Gasteiger charge is 2.27. The molecule has 1 atom stereocenters. The summed E-state index contributed by atoms with van der Waals surface area (Å²) in [4.78, 5) is 31.4. The van der Waals surface area contributed by atoms with Crippen LogP contribution in [0.1, 0.15) is 32.6 Å². The number of rotatable bonds is 6. The number of nitrogens with one attached hydrogen (secondary N) is 1. The van der Waals surface area contributed by atoms with Gasteiger partial charge in [-0.3, -0.25) is 19.5 Å². The molecular formula is C16H29IN4O3. The monoisotopic (exact) mass is 452 g/mol. The topological polar surface area (TPSA) is 74.2 Å². The molecule has 0 spiro atoms. The van der Waals surface area contributed by atoms with Gasteiger partial charge in [-0.2, -0.15) is 0 Å². The van der Waals surface area contributed by atoms with Crippen LogP contribution in [0.2, 0.25) is 0 Å². The lowest BCUT2D eigenvalue weighted by molar-refractivity contribution is -0.147. The van der Waals surface area contributed by atoms with Crippen molar-refractivity contribution in [3.63, 3.8) is 0 Å². The van der Waals surface area contributed by atoms with Gasteiger partial charge in [-0.05, 0) is 19.8 Å². The average molecular weight is 452 g/mol. The van der Waals surface area contributed by atoms with Crippen LogP contribution in [0.25, 0.3) is 0 Å². The van der Waals surface area contributed by atoms with Gasteiger partial charge in [0.1, 0.15) is 0 Å². The van der Waals surface area contributed by atoms with Crippen LogP contribution in [0.3, 0.4) is 0 Å². The number of carbonyl (C=O) groups is 2. The third kappa shape index (κ3) is 5.87. The number of hydrogen-bond donors (Lipinski definition) is 1. The van der Waals surface area contributed by atoms with Crippen molar-refractivity contribution in [2.45, 2.75) is 32.6 Å². The number of aliphatic imine (C=N–C) groups is 1. The van der Waals surface area contributed by atoms with Crippen LogP contribution in [0.15, 0.2) is 4.99 Å². The minimum absolute atomic E-state index is 0. The fraction of sp³-hybridized carbons (Fsp3) is 0.812. The SMILES string of the molecule is CCOCC1CCN(C(=NC)NCCN2C(=O)CCCC2=O)C1.I. The molecule has 0 bridgehead atoms. The number of halogens is 1. The molecule has 0 aliphatic carbocycles. The molecule has 0 aromatic rings. The largest absolute Gasteiger partial charge is 0.381 e. The Bertz CT molecular complexity index is 443. The maximum atomic E-state index is 11.8. The minimum atomic E-state index is -0.0593. The molecule has 8 heteroatoms. The van der Waals surface area contributed by atoms with E-state index >= 15 is 0 Å². The number of carbonyl (C=O) groups excluding carboxylic acids is 2. The van der Waals surface area contributed by atoms with Gasteiger partial charge in [0.15, 0.2) is 5.96 Å². The molecule has 2 rings (SSSR count). The zero-order valence-electron chi connectivity index (χ0n) is 14.6. The van der Waals surface area contributed by atoms with E-state index in [4.69, 9.17) is 4.74 Å². The summed E-state index contributed by atoms with van der Waals surface area (Å²) in [6, 6.07) is 0. The van der Waals surface area contributed by atoms with Gasteiger partial charge in [-0.25, -0.2) is 0 Å². The summed E-state index contributed by atoms with van der Waals surface area (Å²) in [5, 5.41) is 3.27. The Morgan fingerprint density at radius 3 is 2.67 bits per heavy atom. The zero-order chi connectivity index (χ0) is 16.7. The number of nitrogens with zero attached hydrogens (tertiary/aromatic N) is 3. The van der Waals surface area contributed by atoms with E-state index in [-0.39, 0.29) is 35.8 Å². The van der Waals surface area contributed by atoms with Crippen LogP contribution >= 0.6 is 24.0 Å². The van der Waals surface area contributed by atoms with Crippen molar-refractivity contribution in [3.8, 4) is 0 Å². The summed E-state index contributed by atoms with van der Waals surface area (Å²) >= 11 is 0. The smallest absolute Gasteiger partial charge is 0.229 e. The van der Waals surface area contributed by atoms with Crippen LogP contribution < -0.4 is 5.32 Å². The van der Waals surface area contributed by atoms with Crippen LogP contribution in [0.4, 0.5) is 0 Å². The molecule has 2 saturated heterocycles. The Hall–Kier alpha value is -0.900. The molecule has 7 nitrogen and oxygen atoms in total. The first-order valence-corrected chi connectivity index (χ1v) is 8.52. The van der Waals surface area contributed by atoms with Gasteiger partial charge >= 0.3 is 0 Å². The minimum Gasteiger partial charge on any atom is -0.381 e. The second-order valence-corrected chi connectivity index (χ2v) is 6.03. The van der Waals surface area contributed by atoms with Crippen molar-refractivity contribution in [3.05, 3.63) is 0 Å². The molecule has 138 valence electrons. The predicted molar refractivity (Wildman–Crippen MR) is 104 cm³/mol. The van der Waals surface area contributed by atoms with Gasteiger partial charge in [-0.1, -0.05) is 0 Å². The van der Waals surface area contributed by atoms with Crippen molar-refractivity contribution in [1.29, 1.82) is 0 Å². The third-order valence-electron chi connectivity index (χ3n) is 4.36. The number of amides is 2. The molecule has 1 unspecified atom stereocenters. The molecule has 2 aliphatic heterocycles. The molecule has 2 aliphatic rings. The fourth-order valence-corrected chi connectivity index (χ4v) is 3.11. The maximum absolute atomic E-state index is 11.8. The molecule has 2 heterocycles. The molecule has 0 saturated carbocycles. The Balaban J connectivity index is 0.00000288. The van der Waals surface area contributed by atoms with Gasteiger partial charge in [0.2, 0.25) is 11.8 Å². The zero-order valence-corrected chi connectivity index (χ0v) is 17.0. The van der Waals surface area contributed by atoms with E-state index in [0.717, 1.165) is 38.7 Å². The van der Waals surface area contributed by atoms with Crippen LogP contribution in [0, 0.1) is 5.92 Å². The van der Waals surface area contributed by atoms with Crippen LogP contribution in [-0.4, -0.2) is 74.0 Å². The number of hydrogen-bond acceptors (Lipinski definition) is 4. The predicted octanol–water partition coefficient (Wildman–Crippen LogP) is 1.08. The summed E-state index contributed by atoms with van der Waals surface area (Å²) in [6.45, 7) is 6.39. The lowest BCUT2D eigenvalue weighted by Gasteiger charge is -2.26. The van der Waals surface area contributed by atoms with E-state index in [1.807, 2.05) is 6.92 Å². The van der Waals surface area contributed by atoms with E-state index in [1.54, 1.807) is 7.05 Å². The normalized spacial score (nSPS) is 21.9. The second kappa shape index (κ2) is 10.9. The molecular weight excluding hydrogens is 423 g/mol. The van der Waals surface area contributed by atoms with E-state index in [9.17, 15) is 9.59 Å². The van der Waals surface area contributed by atoms with Crippen molar-refractivity contribution < 1.29 is 14.3 Å². The van der Waals surface area contributed by atoms with Gasteiger partial charge < -0.3 is 15.0 Å². The van der Waals surface area contributed by atoms with E-state index < -0.39 is 0 Å². The standard InChI is InChI=1S/C16H28N4O3.HI/c1-3-23-12-13-7-9-19(11-13)16(17-2)18-8-10-20-14(21)5-4-6-15(20)22;/h13H,3-12H2,1-2H3,(H,17,18);1H. The van der Waals surface area contributed by atoms with Crippen molar-refractivity contribution >= 4 is 41.8 Å².